The molecule has 1 rings (SSSR count). The van der Waals surface area contributed by atoms with Crippen LogP contribution in [0.4, 0.5) is 11.9 Å². The Labute approximate surface area is 119 Å². The maximum atomic E-state index is 5.87. The van der Waals surface area contributed by atoms with E-state index in [1.807, 2.05) is 20.8 Å². The predicted molar refractivity (Wildman–Crippen MR) is 77.8 cm³/mol. The summed E-state index contributed by atoms with van der Waals surface area (Å²) in [4.78, 5) is 12.3. The van der Waals surface area contributed by atoms with Crippen molar-refractivity contribution in [3.8, 4) is 0 Å². The molecule has 0 aliphatic heterocycles. The molecule has 0 aromatic carbocycles. The van der Waals surface area contributed by atoms with Crippen LogP contribution in [0.25, 0.3) is 0 Å². The van der Waals surface area contributed by atoms with E-state index in [4.69, 9.17) is 16.3 Å². The van der Waals surface area contributed by atoms with Crippen molar-refractivity contribution in [2.24, 2.45) is 0 Å². The van der Waals surface area contributed by atoms with E-state index in [2.05, 4.69) is 32.5 Å². The molecular formula is C12H22ClN5O. The van der Waals surface area contributed by atoms with Crippen LogP contribution < -0.4 is 10.6 Å². The molecule has 0 saturated carbocycles. The van der Waals surface area contributed by atoms with Crippen molar-refractivity contribution in [3.63, 3.8) is 0 Å². The van der Waals surface area contributed by atoms with E-state index < -0.39 is 0 Å². The molecule has 108 valence electrons. The highest BCUT2D eigenvalue weighted by molar-refractivity contribution is 6.28. The number of rotatable bonds is 8. The van der Waals surface area contributed by atoms with Crippen molar-refractivity contribution in [1.29, 1.82) is 0 Å². The van der Waals surface area contributed by atoms with E-state index in [0.29, 0.717) is 25.0 Å². The van der Waals surface area contributed by atoms with Crippen LogP contribution in [-0.2, 0) is 4.74 Å². The van der Waals surface area contributed by atoms with Gasteiger partial charge in [0, 0.05) is 19.7 Å². The Morgan fingerprint density at radius 2 is 1.74 bits per heavy atom. The maximum absolute atomic E-state index is 5.87. The summed E-state index contributed by atoms with van der Waals surface area (Å²) in [5, 5.41) is 6.37. The number of hydrogen-bond acceptors (Lipinski definition) is 6. The van der Waals surface area contributed by atoms with E-state index in [1.165, 1.54) is 0 Å². The van der Waals surface area contributed by atoms with Gasteiger partial charge in [-0.15, -0.1) is 0 Å². The highest BCUT2D eigenvalue weighted by Crippen LogP contribution is 2.13. The van der Waals surface area contributed by atoms with Crippen LogP contribution in [-0.4, -0.2) is 40.2 Å². The molecule has 7 heteroatoms. The van der Waals surface area contributed by atoms with Gasteiger partial charge in [-0.2, -0.15) is 15.0 Å². The Bertz CT molecular complexity index is 400. The topological polar surface area (TPSA) is 72.0 Å². The quantitative estimate of drug-likeness (QED) is 0.766. The van der Waals surface area contributed by atoms with Gasteiger partial charge in [0.25, 0.3) is 0 Å². The van der Waals surface area contributed by atoms with Gasteiger partial charge in [0.05, 0.1) is 5.60 Å². The number of halogens is 1. The molecule has 0 aliphatic rings. The van der Waals surface area contributed by atoms with Crippen molar-refractivity contribution < 1.29 is 4.74 Å². The molecule has 0 bridgehead atoms. The van der Waals surface area contributed by atoms with Gasteiger partial charge in [-0.3, -0.25) is 0 Å². The summed E-state index contributed by atoms with van der Waals surface area (Å²) in [5.41, 5.74) is -0.287. The zero-order chi connectivity index (χ0) is 14.3. The summed E-state index contributed by atoms with van der Waals surface area (Å²) in [7, 11) is 0. The lowest BCUT2D eigenvalue weighted by Crippen LogP contribution is -2.34. The molecule has 1 heterocycles. The molecule has 0 saturated heterocycles. The van der Waals surface area contributed by atoms with Crippen molar-refractivity contribution in [2.45, 2.75) is 39.7 Å². The maximum Gasteiger partial charge on any atom is 0.228 e. The molecule has 0 fully saturated rings. The van der Waals surface area contributed by atoms with Gasteiger partial charge in [0.2, 0.25) is 17.2 Å². The highest BCUT2D eigenvalue weighted by Gasteiger charge is 2.18. The average Bonchev–Trinajstić information content (AvgIpc) is 2.33. The predicted octanol–water partition coefficient (Wildman–Crippen LogP) is 2.57. The first kappa shape index (κ1) is 15.9. The highest BCUT2D eigenvalue weighted by atomic mass is 35.5. The van der Waals surface area contributed by atoms with Gasteiger partial charge in [0.1, 0.15) is 0 Å². The van der Waals surface area contributed by atoms with Crippen molar-refractivity contribution in [3.05, 3.63) is 5.28 Å². The molecule has 0 atom stereocenters. The van der Waals surface area contributed by atoms with Crippen molar-refractivity contribution in [1.82, 2.24) is 15.0 Å². The van der Waals surface area contributed by atoms with E-state index >= 15 is 0 Å². The summed E-state index contributed by atoms with van der Waals surface area (Å²) in [6.07, 6.45) is 0.990. The zero-order valence-corrected chi connectivity index (χ0v) is 12.7. The number of nitrogens with zero attached hydrogens (tertiary/aromatic N) is 3. The normalized spacial score (nSPS) is 11.4. The van der Waals surface area contributed by atoms with E-state index in [1.54, 1.807) is 0 Å². The average molecular weight is 288 g/mol. The Hall–Kier alpha value is -1.14. The number of ether oxygens (including phenoxy) is 1. The molecular weight excluding hydrogens is 266 g/mol. The fraction of sp³-hybridized carbons (Fsp3) is 0.750. The summed E-state index contributed by atoms with van der Waals surface area (Å²) >= 11 is 5.87. The fourth-order valence-corrected chi connectivity index (χ4v) is 1.64. The minimum absolute atomic E-state index is 0.172. The SMILES string of the molecule is CCCNc1nc(Cl)nc(NCC(C)(C)OCC)n1. The number of anilines is 2. The Balaban J connectivity index is 2.65. The molecule has 0 aliphatic carbocycles. The fourth-order valence-electron chi connectivity index (χ4n) is 1.48. The molecule has 1 aromatic heterocycles. The minimum atomic E-state index is -0.287. The zero-order valence-electron chi connectivity index (χ0n) is 12.0. The van der Waals surface area contributed by atoms with Crippen LogP contribution in [0, 0.1) is 0 Å². The lowest BCUT2D eigenvalue weighted by molar-refractivity contribution is 0.000580. The lowest BCUT2D eigenvalue weighted by Gasteiger charge is -2.24. The number of aromatic nitrogens is 3. The standard InChI is InChI=1S/C12H22ClN5O/c1-5-7-14-10-16-9(13)17-11(18-10)15-8-12(3,4)19-6-2/h5-8H2,1-4H3,(H2,14,15,16,17,18). The summed E-state index contributed by atoms with van der Waals surface area (Å²) in [6.45, 7) is 10.1. The first-order chi connectivity index (χ1) is 8.96. The Morgan fingerprint density at radius 1 is 1.11 bits per heavy atom. The van der Waals surface area contributed by atoms with Crippen LogP contribution in [0.15, 0.2) is 0 Å². The largest absolute Gasteiger partial charge is 0.374 e. The third-order valence-corrected chi connectivity index (χ3v) is 2.52. The lowest BCUT2D eigenvalue weighted by atomic mass is 10.1. The van der Waals surface area contributed by atoms with E-state index in [9.17, 15) is 0 Å². The molecule has 2 N–H and O–H groups in total. The summed E-state index contributed by atoms with van der Waals surface area (Å²) in [6, 6.07) is 0. The second-order valence-electron chi connectivity index (χ2n) is 4.72. The van der Waals surface area contributed by atoms with Crippen molar-refractivity contribution in [2.75, 3.05) is 30.3 Å². The molecule has 0 radical (unpaired) electrons. The van der Waals surface area contributed by atoms with Gasteiger partial charge in [-0.1, -0.05) is 6.92 Å². The Kier molecular flexibility index (Phi) is 6.24. The van der Waals surface area contributed by atoms with Gasteiger partial charge >= 0.3 is 0 Å². The van der Waals surface area contributed by atoms with Gasteiger partial charge in [0.15, 0.2) is 0 Å². The number of nitrogens with one attached hydrogen (secondary N) is 2. The van der Waals surface area contributed by atoms with E-state index in [-0.39, 0.29) is 10.9 Å². The smallest absolute Gasteiger partial charge is 0.228 e. The van der Waals surface area contributed by atoms with Crippen LogP contribution in [0.1, 0.15) is 34.1 Å². The van der Waals surface area contributed by atoms with Gasteiger partial charge in [-0.25, -0.2) is 0 Å². The Morgan fingerprint density at radius 3 is 2.32 bits per heavy atom. The van der Waals surface area contributed by atoms with E-state index in [0.717, 1.165) is 13.0 Å². The van der Waals surface area contributed by atoms with Crippen LogP contribution in [0.2, 0.25) is 5.28 Å². The second kappa shape index (κ2) is 7.45. The molecule has 1 aromatic rings. The third kappa shape index (κ3) is 6.02. The molecule has 0 unspecified atom stereocenters. The molecule has 0 spiro atoms. The van der Waals surface area contributed by atoms with Gasteiger partial charge in [-0.05, 0) is 38.8 Å². The monoisotopic (exact) mass is 287 g/mol. The first-order valence-electron chi connectivity index (χ1n) is 6.50. The molecule has 19 heavy (non-hydrogen) atoms. The minimum Gasteiger partial charge on any atom is -0.374 e. The first-order valence-corrected chi connectivity index (χ1v) is 6.88. The third-order valence-electron chi connectivity index (χ3n) is 2.35. The van der Waals surface area contributed by atoms with Crippen LogP contribution >= 0.6 is 11.6 Å². The second-order valence-corrected chi connectivity index (χ2v) is 5.06. The summed E-state index contributed by atoms with van der Waals surface area (Å²) < 4.78 is 5.59. The number of hydrogen-bond donors (Lipinski definition) is 2. The van der Waals surface area contributed by atoms with Gasteiger partial charge < -0.3 is 15.4 Å². The molecule has 0 amide bonds. The summed E-state index contributed by atoms with van der Waals surface area (Å²) in [5.74, 6) is 0.935. The van der Waals surface area contributed by atoms with Crippen molar-refractivity contribution >= 4 is 23.5 Å². The van der Waals surface area contributed by atoms with Crippen LogP contribution in [0.5, 0.6) is 0 Å². The van der Waals surface area contributed by atoms with Crippen LogP contribution in [0.3, 0.4) is 0 Å². The molecule has 6 nitrogen and oxygen atoms in total.